The Kier molecular flexibility index (Phi) is 5.26. The quantitative estimate of drug-likeness (QED) is 0.797. The van der Waals surface area contributed by atoms with E-state index in [1.807, 2.05) is 18.9 Å². The molecular formula is C13H26N2O. The molecule has 0 aromatic heterocycles. The van der Waals surface area contributed by atoms with Crippen molar-refractivity contribution in [2.45, 2.75) is 52.0 Å². The molecule has 1 fully saturated rings. The third kappa shape index (κ3) is 2.97. The summed E-state index contributed by atoms with van der Waals surface area (Å²) >= 11 is 0. The van der Waals surface area contributed by atoms with Gasteiger partial charge in [0.25, 0.3) is 0 Å². The lowest BCUT2D eigenvalue weighted by Gasteiger charge is -2.38. The van der Waals surface area contributed by atoms with Crippen molar-refractivity contribution in [1.82, 2.24) is 4.90 Å². The molecular weight excluding hydrogens is 200 g/mol. The Bertz CT molecular complexity index is 230. The van der Waals surface area contributed by atoms with Crippen LogP contribution in [0.15, 0.2) is 0 Å². The summed E-state index contributed by atoms with van der Waals surface area (Å²) in [6.45, 7) is 4.79. The molecule has 1 rings (SSSR count). The molecule has 3 heteroatoms. The first-order chi connectivity index (χ1) is 7.61. The van der Waals surface area contributed by atoms with E-state index in [2.05, 4.69) is 6.92 Å². The van der Waals surface area contributed by atoms with Gasteiger partial charge in [0.05, 0.1) is 0 Å². The van der Waals surface area contributed by atoms with Crippen LogP contribution in [-0.4, -0.2) is 30.4 Å². The SMILES string of the molecule is CCC(C)C(=O)N(C)C1CCCCC1CN. The highest BCUT2D eigenvalue weighted by atomic mass is 16.2. The van der Waals surface area contributed by atoms with Gasteiger partial charge in [0.2, 0.25) is 5.91 Å². The highest BCUT2D eigenvalue weighted by Crippen LogP contribution is 2.28. The molecule has 0 saturated heterocycles. The van der Waals surface area contributed by atoms with Crippen LogP contribution in [0.3, 0.4) is 0 Å². The van der Waals surface area contributed by atoms with Crippen LogP contribution >= 0.6 is 0 Å². The first-order valence-corrected chi connectivity index (χ1v) is 6.58. The standard InChI is InChI=1S/C13H26N2O/c1-4-10(2)13(16)15(3)12-8-6-5-7-11(12)9-14/h10-12H,4-9,14H2,1-3H3. The molecule has 0 radical (unpaired) electrons. The van der Waals surface area contributed by atoms with Gasteiger partial charge in [0, 0.05) is 19.0 Å². The van der Waals surface area contributed by atoms with Gasteiger partial charge < -0.3 is 10.6 Å². The van der Waals surface area contributed by atoms with Crippen molar-refractivity contribution < 1.29 is 4.79 Å². The largest absolute Gasteiger partial charge is 0.342 e. The Balaban J connectivity index is 2.63. The van der Waals surface area contributed by atoms with Crippen LogP contribution in [0.4, 0.5) is 0 Å². The van der Waals surface area contributed by atoms with E-state index < -0.39 is 0 Å². The monoisotopic (exact) mass is 226 g/mol. The lowest BCUT2D eigenvalue weighted by atomic mass is 9.83. The maximum Gasteiger partial charge on any atom is 0.225 e. The van der Waals surface area contributed by atoms with Gasteiger partial charge in [-0.05, 0) is 31.7 Å². The first kappa shape index (κ1) is 13.5. The van der Waals surface area contributed by atoms with E-state index >= 15 is 0 Å². The number of hydrogen-bond donors (Lipinski definition) is 1. The van der Waals surface area contributed by atoms with Crippen LogP contribution in [0, 0.1) is 11.8 Å². The number of rotatable bonds is 4. The molecule has 3 atom stereocenters. The van der Waals surface area contributed by atoms with Gasteiger partial charge in [-0.25, -0.2) is 0 Å². The Morgan fingerprint density at radius 1 is 1.44 bits per heavy atom. The summed E-state index contributed by atoms with van der Waals surface area (Å²) in [5.41, 5.74) is 5.80. The number of nitrogens with two attached hydrogens (primary N) is 1. The summed E-state index contributed by atoms with van der Waals surface area (Å²) in [4.78, 5) is 14.1. The van der Waals surface area contributed by atoms with Crippen molar-refractivity contribution in [2.75, 3.05) is 13.6 Å². The second-order valence-corrected chi connectivity index (χ2v) is 5.11. The predicted molar refractivity (Wildman–Crippen MR) is 67.0 cm³/mol. The fraction of sp³-hybridized carbons (Fsp3) is 0.923. The van der Waals surface area contributed by atoms with Gasteiger partial charge in [0.15, 0.2) is 0 Å². The van der Waals surface area contributed by atoms with Crippen LogP contribution in [0.25, 0.3) is 0 Å². The number of amides is 1. The molecule has 2 N–H and O–H groups in total. The normalized spacial score (nSPS) is 27.5. The molecule has 0 spiro atoms. The number of carbonyl (C=O) groups is 1. The third-order valence-corrected chi connectivity index (χ3v) is 4.05. The van der Waals surface area contributed by atoms with E-state index in [0.717, 1.165) is 12.8 Å². The van der Waals surface area contributed by atoms with E-state index in [4.69, 9.17) is 5.73 Å². The van der Waals surface area contributed by atoms with Gasteiger partial charge in [-0.1, -0.05) is 26.7 Å². The zero-order chi connectivity index (χ0) is 12.1. The minimum absolute atomic E-state index is 0.144. The maximum absolute atomic E-state index is 12.1. The molecule has 16 heavy (non-hydrogen) atoms. The van der Waals surface area contributed by atoms with Crippen molar-refractivity contribution in [2.24, 2.45) is 17.6 Å². The fourth-order valence-corrected chi connectivity index (χ4v) is 2.66. The molecule has 0 aromatic carbocycles. The van der Waals surface area contributed by atoms with Crippen molar-refractivity contribution in [1.29, 1.82) is 0 Å². The highest BCUT2D eigenvalue weighted by molar-refractivity contribution is 5.78. The second kappa shape index (κ2) is 6.24. The highest BCUT2D eigenvalue weighted by Gasteiger charge is 2.30. The number of carbonyl (C=O) groups excluding carboxylic acids is 1. The smallest absolute Gasteiger partial charge is 0.225 e. The Morgan fingerprint density at radius 2 is 2.06 bits per heavy atom. The van der Waals surface area contributed by atoms with E-state index in [-0.39, 0.29) is 11.8 Å². The van der Waals surface area contributed by atoms with Crippen LogP contribution in [0.2, 0.25) is 0 Å². The van der Waals surface area contributed by atoms with Crippen LogP contribution in [-0.2, 0) is 4.79 Å². The van der Waals surface area contributed by atoms with Gasteiger partial charge in [-0.15, -0.1) is 0 Å². The van der Waals surface area contributed by atoms with Crippen molar-refractivity contribution in [3.63, 3.8) is 0 Å². The lowest BCUT2D eigenvalue weighted by molar-refractivity contribution is -0.137. The van der Waals surface area contributed by atoms with Crippen LogP contribution in [0.1, 0.15) is 46.0 Å². The molecule has 0 aliphatic heterocycles. The number of nitrogens with zero attached hydrogens (tertiary/aromatic N) is 1. The van der Waals surface area contributed by atoms with Gasteiger partial charge in [-0.2, -0.15) is 0 Å². The van der Waals surface area contributed by atoms with Crippen LogP contribution < -0.4 is 5.73 Å². The molecule has 0 bridgehead atoms. The van der Waals surface area contributed by atoms with Crippen molar-refractivity contribution >= 4 is 5.91 Å². The van der Waals surface area contributed by atoms with Crippen LogP contribution in [0.5, 0.6) is 0 Å². The summed E-state index contributed by atoms with van der Waals surface area (Å²) in [6, 6.07) is 0.375. The summed E-state index contributed by atoms with van der Waals surface area (Å²) < 4.78 is 0. The summed E-state index contributed by atoms with van der Waals surface area (Å²) in [5.74, 6) is 0.935. The minimum atomic E-state index is 0.144. The molecule has 0 heterocycles. The summed E-state index contributed by atoms with van der Waals surface area (Å²) in [5, 5.41) is 0. The molecule has 1 aliphatic carbocycles. The predicted octanol–water partition coefficient (Wildman–Crippen LogP) is 2.01. The van der Waals surface area contributed by atoms with Gasteiger partial charge >= 0.3 is 0 Å². The van der Waals surface area contributed by atoms with Gasteiger partial charge in [-0.3, -0.25) is 4.79 Å². The van der Waals surface area contributed by atoms with E-state index in [1.165, 1.54) is 19.3 Å². The minimum Gasteiger partial charge on any atom is -0.342 e. The molecule has 3 nitrogen and oxygen atoms in total. The molecule has 1 amide bonds. The Morgan fingerprint density at radius 3 is 2.62 bits per heavy atom. The van der Waals surface area contributed by atoms with E-state index in [0.29, 0.717) is 18.5 Å². The van der Waals surface area contributed by atoms with Crippen molar-refractivity contribution in [3.8, 4) is 0 Å². The Labute approximate surface area is 99.4 Å². The Hall–Kier alpha value is -0.570. The van der Waals surface area contributed by atoms with Crippen molar-refractivity contribution in [3.05, 3.63) is 0 Å². The molecule has 3 unspecified atom stereocenters. The third-order valence-electron chi connectivity index (χ3n) is 4.05. The van der Waals surface area contributed by atoms with Gasteiger partial charge in [0.1, 0.15) is 0 Å². The average Bonchev–Trinajstić information content (AvgIpc) is 2.35. The average molecular weight is 226 g/mol. The molecule has 1 saturated carbocycles. The molecule has 94 valence electrons. The summed E-state index contributed by atoms with van der Waals surface area (Å²) in [6.07, 6.45) is 5.73. The first-order valence-electron chi connectivity index (χ1n) is 6.58. The maximum atomic E-state index is 12.1. The van der Waals surface area contributed by atoms with E-state index in [9.17, 15) is 4.79 Å². The topological polar surface area (TPSA) is 46.3 Å². The lowest BCUT2D eigenvalue weighted by Crippen LogP contribution is -2.47. The zero-order valence-corrected chi connectivity index (χ0v) is 10.9. The fourth-order valence-electron chi connectivity index (χ4n) is 2.66. The zero-order valence-electron chi connectivity index (χ0n) is 10.9. The second-order valence-electron chi connectivity index (χ2n) is 5.11. The molecule has 0 aromatic rings. The van der Waals surface area contributed by atoms with E-state index in [1.54, 1.807) is 0 Å². The number of hydrogen-bond acceptors (Lipinski definition) is 2. The molecule has 1 aliphatic rings. The summed E-state index contributed by atoms with van der Waals surface area (Å²) in [7, 11) is 1.95.